The van der Waals surface area contributed by atoms with Crippen molar-refractivity contribution in [2.24, 2.45) is 5.41 Å². The second kappa shape index (κ2) is 9.92. The third kappa shape index (κ3) is 5.71. The van der Waals surface area contributed by atoms with Crippen molar-refractivity contribution in [3.05, 3.63) is 59.7 Å². The molecule has 2 aromatic rings. The van der Waals surface area contributed by atoms with Crippen molar-refractivity contribution in [2.45, 2.75) is 38.6 Å². The van der Waals surface area contributed by atoms with Gasteiger partial charge in [-0.05, 0) is 54.7 Å². The second-order valence-electron chi connectivity index (χ2n) is 7.58. The van der Waals surface area contributed by atoms with Crippen LogP contribution in [0.2, 0.25) is 0 Å². The van der Waals surface area contributed by atoms with Crippen LogP contribution in [0.1, 0.15) is 30.4 Å². The first-order valence-corrected chi connectivity index (χ1v) is 9.72. The van der Waals surface area contributed by atoms with E-state index in [0.717, 1.165) is 41.9 Å². The van der Waals surface area contributed by atoms with E-state index in [9.17, 15) is 5.11 Å². The third-order valence-corrected chi connectivity index (χ3v) is 5.35. The molecule has 1 saturated carbocycles. The zero-order valence-electron chi connectivity index (χ0n) is 16.7. The Morgan fingerprint density at radius 3 is 1.64 bits per heavy atom. The first-order chi connectivity index (χ1) is 13.6. The van der Waals surface area contributed by atoms with Gasteiger partial charge in [-0.25, -0.2) is 0 Å². The molecule has 1 aliphatic rings. The number of rotatable bonds is 10. The molecular formula is C23H30O5. The molecule has 2 aromatic carbocycles. The van der Waals surface area contributed by atoms with E-state index in [1.165, 1.54) is 0 Å². The molecule has 28 heavy (non-hydrogen) atoms. The van der Waals surface area contributed by atoms with Gasteiger partial charge in [-0.3, -0.25) is 0 Å². The molecule has 1 N–H and O–H groups in total. The summed E-state index contributed by atoms with van der Waals surface area (Å²) < 4.78 is 22.4. The van der Waals surface area contributed by atoms with E-state index < -0.39 is 0 Å². The number of ether oxygens (including phenoxy) is 4. The van der Waals surface area contributed by atoms with Crippen molar-refractivity contribution < 1.29 is 24.1 Å². The molecule has 5 nitrogen and oxygen atoms in total. The van der Waals surface area contributed by atoms with Crippen LogP contribution in [0.5, 0.6) is 11.5 Å². The minimum atomic E-state index is -0.269. The summed E-state index contributed by atoms with van der Waals surface area (Å²) in [6.45, 7) is 2.25. The fraction of sp³-hybridized carbons (Fsp3) is 0.478. The number of aliphatic hydroxyl groups excluding tert-OH is 1. The lowest BCUT2D eigenvalue weighted by molar-refractivity contribution is -0.0351. The van der Waals surface area contributed by atoms with E-state index in [-0.39, 0.29) is 11.5 Å². The molecule has 152 valence electrons. The normalized spacial score (nSPS) is 18.2. The predicted molar refractivity (Wildman–Crippen MR) is 108 cm³/mol. The van der Waals surface area contributed by atoms with Gasteiger partial charge in [-0.2, -0.15) is 0 Å². The Hall–Kier alpha value is -2.08. The molecule has 0 aliphatic heterocycles. The standard InChI is InChI=1S/C23H30O5/c1-25-21-7-3-18(4-8-21)14-27-16-23(12-11-20(24)13-23)17-28-15-19-5-9-22(26-2)10-6-19/h3-10,20,24H,11-17H2,1-2H3. The highest BCUT2D eigenvalue weighted by Crippen LogP contribution is 2.39. The number of aliphatic hydroxyl groups is 1. The molecule has 0 spiro atoms. The second-order valence-corrected chi connectivity index (χ2v) is 7.58. The summed E-state index contributed by atoms with van der Waals surface area (Å²) >= 11 is 0. The van der Waals surface area contributed by atoms with Gasteiger partial charge in [0.05, 0.1) is 46.8 Å². The molecule has 0 aromatic heterocycles. The Morgan fingerprint density at radius 2 is 1.29 bits per heavy atom. The molecular weight excluding hydrogens is 356 g/mol. The smallest absolute Gasteiger partial charge is 0.118 e. The Kier molecular flexibility index (Phi) is 7.31. The van der Waals surface area contributed by atoms with Crippen LogP contribution in [0, 0.1) is 5.41 Å². The monoisotopic (exact) mass is 386 g/mol. The van der Waals surface area contributed by atoms with Gasteiger partial charge in [0.15, 0.2) is 0 Å². The predicted octanol–water partition coefficient (Wildman–Crippen LogP) is 3.97. The summed E-state index contributed by atoms with van der Waals surface area (Å²) in [6, 6.07) is 15.8. The lowest BCUT2D eigenvalue weighted by Crippen LogP contribution is -2.30. The van der Waals surface area contributed by atoms with Gasteiger partial charge in [-0.1, -0.05) is 24.3 Å². The van der Waals surface area contributed by atoms with Gasteiger partial charge in [0.2, 0.25) is 0 Å². The van der Waals surface area contributed by atoms with Gasteiger partial charge >= 0.3 is 0 Å². The van der Waals surface area contributed by atoms with E-state index in [1.54, 1.807) is 14.2 Å². The summed E-state index contributed by atoms with van der Waals surface area (Å²) in [5.74, 6) is 1.68. The average molecular weight is 386 g/mol. The van der Waals surface area contributed by atoms with Crippen LogP contribution in [-0.4, -0.2) is 38.6 Å². The number of hydrogen-bond acceptors (Lipinski definition) is 5. The molecule has 1 aliphatic carbocycles. The van der Waals surface area contributed by atoms with Gasteiger partial charge in [0, 0.05) is 5.41 Å². The molecule has 5 heteroatoms. The summed E-state index contributed by atoms with van der Waals surface area (Å²) in [5.41, 5.74) is 2.08. The lowest BCUT2D eigenvalue weighted by Gasteiger charge is -2.28. The Morgan fingerprint density at radius 1 is 0.821 bits per heavy atom. The van der Waals surface area contributed by atoms with E-state index >= 15 is 0 Å². The van der Waals surface area contributed by atoms with Crippen LogP contribution in [0.25, 0.3) is 0 Å². The Bertz CT molecular complexity index is 657. The van der Waals surface area contributed by atoms with Gasteiger partial charge in [-0.15, -0.1) is 0 Å². The number of hydrogen-bond donors (Lipinski definition) is 1. The molecule has 1 unspecified atom stereocenters. The lowest BCUT2D eigenvalue weighted by atomic mass is 9.88. The molecule has 1 atom stereocenters. The Balaban J connectivity index is 1.49. The Labute approximate surface area is 167 Å². The van der Waals surface area contributed by atoms with Crippen molar-refractivity contribution in [1.82, 2.24) is 0 Å². The topological polar surface area (TPSA) is 57.2 Å². The van der Waals surface area contributed by atoms with Crippen LogP contribution >= 0.6 is 0 Å². The molecule has 0 amide bonds. The van der Waals surface area contributed by atoms with Crippen molar-refractivity contribution in [3.8, 4) is 11.5 Å². The van der Waals surface area contributed by atoms with Crippen LogP contribution in [0.3, 0.4) is 0 Å². The van der Waals surface area contributed by atoms with Crippen molar-refractivity contribution in [2.75, 3.05) is 27.4 Å². The number of benzene rings is 2. The van der Waals surface area contributed by atoms with Gasteiger partial charge in [0.25, 0.3) is 0 Å². The highest BCUT2D eigenvalue weighted by molar-refractivity contribution is 5.27. The molecule has 0 heterocycles. The highest BCUT2D eigenvalue weighted by atomic mass is 16.5. The largest absolute Gasteiger partial charge is 0.497 e. The maximum atomic E-state index is 10.1. The zero-order valence-corrected chi connectivity index (χ0v) is 16.7. The van der Waals surface area contributed by atoms with Crippen molar-refractivity contribution in [1.29, 1.82) is 0 Å². The average Bonchev–Trinajstić information content (AvgIpc) is 3.10. The zero-order chi connectivity index (χ0) is 19.8. The minimum Gasteiger partial charge on any atom is -0.497 e. The van der Waals surface area contributed by atoms with E-state index in [0.29, 0.717) is 26.4 Å². The molecule has 0 saturated heterocycles. The van der Waals surface area contributed by atoms with Crippen LogP contribution in [0.15, 0.2) is 48.5 Å². The summed E-state index contributed by atoms with van der Waals surface area (Å²) in [7, 11) is 3.32. The van der Waals surface area contributed by atoms with Crippen LogP contribution in [0.4, 0.5) is 0 Å². The van der Waals surface area contributed by atoms with E-state index in [1.807, 2.05) is 48.5 Å². The summed E-state index contributed by atoms with van der Waals surface area (Å²) in [5, 5.41) is 10.1. The summed E-state index contributed by atoms with van der Waals surface area (Å²) in [6.07, 6.45) is 2.17. The molecule has 0 bridgehead atoms. The van der Waals surface area contributed by atoms with Crippen LogP contribution < -0.4 is 9.47 Å². The highest BCUT2D eigenvalue weighted by Gasteiger charge is 2.39. The quantitative estimate of drug-likeness (QED) is 0.670. The molecule has 1 fully saturated rings. The first-order valence-electron chi connectivity index (χ1n) is 9.72. The number of methoxy groups -OCH3 is 2. The minimum absolute atomic E-state index is 0.127. The van der Waals surface area contributed by atoms with Gasteiger partial charge in [0.1, 0.15) is 11.5 Å². The molecule has 3 rings (SSSR count). The van der Waals surface area contributed by atoms with E-state index in [2.05, 4.69) is 0 Å². The molecule has 0 radical (unpaired) electrons. The first kappa shape index (κ1) is 20.6. The maximum Gasteiger partial charge on any atom is 0.118 e. The third-order valence-electron chi connectivity index (χ3n) is 5.35. The fourth-order valence-corrected chi connectivity index (χ4v) is 3.69. The maximum absolute atomic E-state index is 10.1. The van der Waals surface area contributed by atoms with Gasteiger partial charge < -0.3 is 24.1 Å². The SMILES string of the molecule is COc1ccc(COCC2(COCc3ccc(OC)cc3)CCC(O)C2)cc1. The van der Waals surface area contributed by atoms with Crippen LogP contribution in [-0.2, 0) is 22.7 Å². The van der Waals surface area contributed by atoms with Crippen molar-refractivity contribution >= 4 is 0 Å². The van der Waals surface area contributed by atoms with Crippen molar-refractivity contribution in [3.63, 3.8) is 0 Å². The van der Waals surface area contributed by atoms with E-state index in [4.69, 9.17) is 18.9 Å². The summed E-state index contributed by atoms with van der Waals surface area (Å²) in [4.78, 5) is 0. The fourth-order valence-electron chi connectivity index (χ4n) is 3.69.